The van der Waals surface area contributed by atoms with Crippen molar-refractivity contribution < 1.29 is 0 Å². The van der Waals surface area contributed by atoms with Gasteiger partial charge in [0, 0.05) is 0 Å². The second-order valence-corrected chi connectivity index (χ2v) is 4.58. The van der Waals surface area contributed by atoms with Crippen molar-refractivity contribution in [1.82, 2.24) is 0 Å². The molecule has 0 amide bonds. The molecule has 0 saturated carbocycles. The first-order valence-electron chi connectivity index (χ1n) is 6.08. The van der Waals surface area contributed by atoms with E-state index in [1.165, 1.54) is 40.7 Å². The molecule has 0 fully saturated rings. The molecule has 1 aliphatic carbocycles. The maximum Gasteiger partial charge on any atom is -0.00134 e. The van der Waals surface area contributed by atoms with Crippen LogP contribution < -0.4 is 0 Å². The van der Waals surface area contributed by atoms with Gasteiger partial charge in [-0.3, -0.25) is 0 Å². The Bertz CT molecular complexity index is 523. The second kappa shape index (κ2) is 3.79. The van der Waals surface area contributed by atoms with Crippen LogP contribution in [-0.4, -0.2) is 0 Å². The molecule has 0 radical (unpaired) electrons. The Hall–Kier alpha value is -1.56. The van der Waals surface area contributed by atoms with Crippen molar-refractivity contribution in [2.45, 2.75) is 26.2 Å². The molecule has 0 heterocycles. The van der Waals surface area contributed by atoms with Gasteiger partial charge in [-0.2, -0.15) is 0 Å². The summed E-state index contributed by atoms with van der Waals surface area (Å²) in [5, 5.41) is 0. The van der Waals surface area contributed by atoms with Crippen LogP contribution in [0.5, 0.6) is 0 Å². The molecule has 0 nitrogen and oxygen atoms in total. The maximum atomic E-state index is 2.39. The van der Waals surface area contributed by atoms with E-state index in [4.69, 9.17) is 0 Å². The average molecular weight is 208 g/mol. The predicted molar refractivity (Wildman–Crippen MR) is 68.7 cm³/mol. The average Bonchev–Trinajstić information content (AvgIpc) is 2.67. The Kier molecular flexibility index (Phi) is 2.28. The van der Waals surface area contributed by atoms with Gasteiger partial charge in [0.15, 0.2) is 0 Å². The molecule has 0 atom stereocenters. The van der Waals surface area contributed by atoms with E-state index in [0.29, 0.717) is 0 Å². The van der Waals surface area contributed by atoms with E-state index in [1.54, 1.807) is 0 Å². The number of aryl methyl sites for hydroxylation is 1. The van der Waals surface area contributed by atoms with Gasteiger partial charge in [-0.15, -0.1) is 0 Å². The van der Waals surface area contributed by atoms with Crippen molar-refractivity contribution in [3.05, 3.63) is 59.2 Å². The topological polar surface area (TPSA) is 0 Å². The zero-order chi connectivity index (χ0) is 11.0. The molecular formula is C16H16. The summed E-state index contributed by atoms with van der Waals surface area (Å²) >= 11 is 0. The fourth-order valence-corrected chi connectivity index (χ4v) is 2.64. The van der Waals surface area contributed by atoms with E-state index in [-0.39, 0.29) is 0 Å². The van der Waals surface area contributed by atoms with Crippen molar-refractivity contribution in [2.24, 2.45) is 0 Å². The molecule has 2 aromatic carbocycles. The molecule has 0 aliphatic heterocycles. The van der Waals surface area contributed by atoms with Gasteiger partial charge in [0.05, 0.1) is 0 Å². The maximum absolute atomic E-state index is 2.39. The highest BCUT2D eigenvalue weighted by molar-refractivity contribution is 5.76. The van der Waals surface area contributed by atoms with Crippen LogP contribution in [0.1, 0.15) is 30.0 Å². The molecule has 3 rings (SSSR count). The van der Waals surface area contributed by atoms with Crippen molar-refractivity contribution in [1.29, 1.82) is 0 Å². The lowest BCUT2D eigenvalue weighted by Crippen LogP contribution is -1.86. The van der Waals surface area contributed by atoms with Gasteiger partial charge in [-0.1, -0.05) is 55.8 Å². The van der Waals surface area contributed by atoms with E-state index >= 15 is 0 Å². The molecular weight excluding hydrogens is 192 g/mol. The highest BCUT2D eigenvalue weighted by Gasteiger charge is 2.17. The van der Waals surface area contributed by atoms with Crippen LogP contribution in [0.25, 0.3) is 11.1 Å². The van der Waals surface area contributed by atoms with Crippen LogP contribution >= 0.6 is 0 Å². The smallest absolute Gasteiger partial charge is 0.00134 e. The van der Waals surface area contributed by atoms with Crippen LogP contribution in [0.2, 0.25) is 0 Å². The van der Waals surface area contributed by atoms with Crippen molar-refractivity contribution in [2.75, 3.05) is 0 Å². The largest absolute Gasteiger partial charge is 0.0651 e. The Morgan fingerprint density at radius 1 is 0.938 bits per heavy atom. The van der Waals surface area contributed by atoms with Crippen molar-refractivity contribution in [3.63, 3.8) is 0 Å². The first kappa shape index (κ1) is 9.65. The summed E-state index contributed by atoms with van der Waals surface area (Å²) in [5.41, 5.74) is 7.34. The first-order chi connectivity index (χ1) is 7.88. The summed E-state index contributed by atoms with van der Waals surface area (Å²) < 4.78 is 0. The number of rotatable bonds is 2. The van der Waals surface area contributed by atoms with Gasteiger partial charge in [0.2, 0.25) is 0 Å². The van der Waals surface area contributed by atoms with Gasteiger partial charge >= 0.3 is 0 Å². The quantitative estimate of drug-likeness (QED) is 0.591. The van der Waals surface area contributed by atoms with Gasteiger partial charge < -0.3 is 0 Å². The van der Waals surface area contributed by atoms with E-state index in [0.717, 1.165) is 6.42 Å². The molecule has 16 heavy (non-hydrogen) atoms. The highest BCUT2D eigenvalue weighted by Crippen LogP contribution is 2.36. The molecule has 0 unspecified atom stereocenters. The fourth-order valence-electron chi connectivity index (χ4n) is 2.64. The number of hydrogen-bond acceptors (Lipinski definition) is 0. The van der Waals surface area contributed by atoms with E-state index in [2.05, 4.69) is 49.4 Å². The lowest BCUT2D eigenvalue weighted by atomic mass is 10.0. The lowest BCUT2D eigenvalue weighted by molar-refractivity contribution is 0.920. The molecule has 0 aromatic heterocycles. The minimum Gasteiger partial charge on any atom is -0.0651 e. The molecule has 0 bridgehead atoms. The monoisotopic (exact) mass is 208 g/mol. The van der Waals surface area contributed by atoms with Crippen LogP contribution in [0.3, 0.4) is 0 Å². The first-order valence-corrected chi connectivity index (χ1v) is 6.08. The molecule has 2 aromatic rings. The Morgan fingerprint density at radius 2 is 1.75 bits per heavy atom. The van der Waals surface area contributed by atoms with Gasteiger partial charge in [-0.25, -0.2) is 0 Å². The SMILES string of the molecule is CCCc1ccc2c(c1)Cc1ccccc1-2. The van der Waals surface area contributed by atoms with Crippen LogP contribution in [-0.2, 0) is 12.8 Å². The van der Waals surface area contributed by atoms with E-state index < -0.39 is 0 Å². The number of benzene rings is 2. The fraction of sp³-hybridized carbons (Fsp3) is 0.250. The van der Waals surface area contributed by atoms with Crippen molar-refractivity contribution >= 4 is 0 Å². The zero-order valence-electron chi connectivity index (χ0n) is 9.66. The van der Waals surface area contributed by atoms with E-state index in [9.17, 15) is 0 Å². The highest BCUT2D eigenvalue weighted by atomic mass is 14.2. The molecule has 0 spiro atoms. The summed E-state index contributed by atoms with van der Waals surface area (Å²) in [5.74, 6) is 0. The van der Waals surface area contributed by atoms with Crippen molar-refractivity contribution in [3.8, 4) is 11.1 Å². The molecule has 80 valence electrons. The predicted octanol–water partition coefficient (Wildman–Crippen LogP) is 4.21. The molecule has 0 saturated heterocycles. The van der Waals surface area contributed by atoms with Gasteiger partial charge in [-0.05, 0) is 40.7 Å². The molecule has 0 heteroatoms. The number of hydrogen-bond donors (Lipinski definition) is 0. The Morgan fingerprint density at radius 3 is 2.62 bits per heavy atom. The summed E-state index contributed by atoms with van der Waals surface area (Å²) in [4.78, 5) is 0. The lowest BCUT2D eigenvalue weighted by Gasteiger charge is -2.03. The van der Waals surface area contributed by atoms with Gasteiger partial charge in [0.25, 0.3) is 0 Å². The Labute approximate surface area is 96.9 Å². The standard InChI is InChI=1S/C16H16/c1-2-5-12-8-9-16-14(10-12)11-13-6-3-4-7-15(13)16/h3-4,6-10H,2,5,11H2,1H3. The normalized spacial score (nSPS) is 12.3. The minimum absolute atomic E-state index is 1.11. The molecule has 1 aliphatic rings. The summed E-state index contributed by atoms with van der Waals surface area (Å²) in [6, 6.07) is 15.7. The van der Waals surface area contributed by atoms with Crippen LogP contribution in [0.15, 0.2) is 42.5 Å². The third-order valence-corrected chi connectivity index (χ3v) is 3.40. The summed E-state index contributed by atoms with van der Waals surface area (Å²) in [6.45, 7) is 2.24. The van der Waals surface area contributed by atoms with E-state index in [1.807, 2.05) is 0 Å². The summed E-state index contributed by atoms with van der Waals surface area (Å²) in [6.07, 6.45) is 3.54. The molecule has 0 N–H and O–H groups in total. The second-order valence-electron chi connectivity index (χ2n) is 4.58. The third kappa shape index (κ3) is 1.46. The number of fused-ring (bicyclic) bond motifs is 3. The third-order valence-electron chi connectivity index (χ3n) is 3.40. The summed E-state index contributed by atoms with van der Waals surface area (Å²) in [7, 11) is 0. The minimum atomic E-state index is 1.11. The van der Waals surface area contributed by atoms with Crippen LogP contribution in [0, 0.1) is 0 Å². The zero-order valence-corrected chi connectivity index (χ0v) is 9.66. The van der Waals surface area contributed by atoms with Crippen LogP contribution in [0.4, 0.5) is 0 Å². The van der Waals surface area contributed by atoms with Gasteiger partial charge in [0.1, 0.15) is 0 Å². The Balaban J connectivity index is 2.07.